The molecule has 0 bridgehead atoms. The van der Waals surface area contributed by atoms with E-state index in [1.165, 1.54) is 25.1 Å². The van der Waals surface area contributed by atoms with Gasteiger partial charge in [0.15, 0.2) is 0 Å². The van der Waals surface area contributed by atoms with Crippen molar-refractivity contribution >= 4 is 11.8 Å². The molecule has 0 fully saturated rings. The van der Waals surface area contributed by atoms with Gasteiger partial charge in [-0.2, -0.15) is 0 Å². The van der Waals surface area contributed by atoms with Gasteiger partial charge in [-0.3, -0.25) is 9.59 Å². The van der Waals surface area contributed by atoms with E-state index in [2.05, 4.69) is 5.32 Å². The summed E-state index contributed by atoms with van der Waals surface area (Å²) in [5.41, 5.74) is 5.54. The predicted molar refractivity (Wildman–Crippen MR) is 56.9 cm³/mol. The van der Waals surface area contributed by atoms with Gasteiger partial charge in [-0.1, -0.05) is 12.1 Å². The quantitative estimate of drug-likeness (QED) is 0.775. The lowest BCUT2D eigenvalue weighted by molar-refractivity contribution is -0.126. The van der Waals surface area contributed by atoms with Crippen LogP contribution in [0.25, 0.3) is 0 Å². The molecule has 1 atom stereocenters. The second-order valence-electron chi connectivity index (χ2n) is 3.50. The number of hydrogen-bond acceptors (Lipinski definition) is 2. The number of carbonyl (C=O) groups excluding carboxylic acids is 2. The van der Waals surface area contributed by atoms with Crippen LogP contribution in [0.5, 0.6) is 0 Å². The minimum atomic E-state index is -0.721. The van der Waals surface area contributed by atoms with E-state index >= 15 is 0 Å². The number of halogens is 1. The molecule has 1 aromatic carbocycles. The molecular formula is C11H13FN2O2. The molecule has 0 aliphatic carbocycles. The summed E-state index contributed by atoms with van der Waals surface area (Å²) in [6, 6.07) is 5.01. The van der Waals surface area contributed by atoms with Crippen molar-refractivity contribution in [3.63, 3.8) is 0 Å². The second-order valence-corrected chi connectivity index (χ2v) is 3.50. The van der Waals surface area contributed by atoms with E-state index in [-0.39, 0.29) is 12.3 Å². The number of carbonyl (C=O) groups is 2. The molecule has 4 nitrogen and oxygen atoms in total. The molecule has 86 valence electrons. The number of benzene rings is 1. The molecule has 0 spiro atoms. The van der Waals surface area contributed by atoms with Crippen LogP contribution in [-0.4, -0.2) is 17.9 Å². The Morgan fingerprint density at radius 2 is 2.19 bits per heavy atom. The van der Waals surface area contributed by atoms with Gasteiger partial charge in [-0.25, -0.2) is 4.39 Å². The lowest BCUT2D eigenvalue weighted by Crippen LogP contribution is -2.42. The third kappa shape index (κ3) is 3.68. The molecule has 2 amide bonds. The Balaban J connectivity index is 2.55. The number of nitrogens with one attached hydrogen (secondary N) is 1. The fraction of sp³-hybridized carbons (Fsp3) is 0.273. The number of amides is 2. The van der Waals surface area contributed by atoms with Crippen LogP contribution < -0.4 is 11.1 Å². The Bertz CT molecular complexity index is 407. The predicted octanol–water partition coefficient (Wildman–Crippen LogP) is 0.358. The van der Waals surface area contributed by atoms with Gasteiger partial charge < -0.3 is 11.1 Å². The first-order chi connectivity index (χ1) is 7.49. The number of primary amides is 1. The number of nitrogens with two attached hydrogens (primary N) is 1. The van der Waals surface area contributed by atoms with Gasteiger partial charge in [-0.05, 0) is 24.6 Å². The molecule has 3 N–H and O–H groups in total. The van der Waals surface area contributed by atoms with E-state index in [0.29, 0.717) is 5.56 Å². The Kier molecular flexibility index (Phi) is 3.99. The van der Waals surface area contributed by atoms with Crippen molar-refractivity contribution in [2.24, 2.45) is 5.73 Å². The van der Waals surface area contributed by atoms with Crippen molar-refractivity contribution in [1.29, 1.82) is 0 Å². The molecule has 0 unspecified atom stereocenters. The molecule has 0 heterocycles. The molecule has 0 aromatic heterocycles. The van der Waals surface area contributed by atoms with E-state index in [4.69, 9.17) is 5.73 Å². The van der Waals surface area contributed by atoms with Crippen molar-refractivity contribution in [2.45, 2.75) is 19.4 Å². The maximum absolute atomic E-state index is 12.8. The maximum Gasteiger partial charge on any atom is 0.239 e. The lowest BCUT2D eigenvalue weighted by atomic mass is 10.1. The van der Waals surface area contributed by atoms with Crippen LogP contribution in [0.4, 0.5) is 4.39 Å². The van der Waals surface area contributed by atoms with Crippen LogP contribution in [0.15, 0.2) is 24.3 Å². The van der Waals surface area contributed by atoms with Crippen molar-refractivity contribution in [1.82, 2.24) is 5.32 Å². The largest absolute Gasteiger partial charge is 0.368 e. The first kappa shape index (κ1) is 12.2. The molecular weight excluding hydrogens is 211 g/mol. The third-order valence-corrected chi connectivity index (χ3v) is 2.06. The first-order valence-corrected chi connectivity index (χ1v) is 4.82. The normalized spacial score (nSPS) is 11.9. The van der Waals surface area contributed by atoms with Gasteiger partial charge in [0, 0.05) is 0 Å². The van der Waals surface area contributed by atoms with Crippen molar-refractivity contribution < 1.29 is 14.0 Å². The molecule has 0 saturated carbocycles. The molecule has 16 heavy (non-hydrogen) atoms. The standard InChI is InChI=1S/C11H13FN2O2/c1-7(11(13)16)14-10(15)6-8-3-2-4-9(12)5-8/h2-5,7H,6H2,1H3,(H2,13,16)(H,14,15)/t7-/m1/s1. The highest BCUT2D eigenvalue weighted by atomic mass is 19.1. The van der Waals surface area contributed by atoms with Gasteiger partial charge in [0.25, 0.3) is 0 Å². The average molecular weight is 224 g/mol. The van der Waals surface area contributed by atoms with E-state index in [0.717, 1.165) is 0 Å². The smallest absolute Gasteiger partial charge is 0.239 e. The van der Waals surface area contributed by atoms with Crippen LogP contribution >= 0.6 is 0 Å². The van der Waals surface area contributed by atoms with E-state index < -0.39 is 17.8 Å². The fourth-order valence-corrected chi connectivity index (χ4v) is 1.20. The highest BCUT2D eigenvalue weighted by Crippen LogP contribution is 2.04. The van der Waals surface area contributed by atoms with Crippen LogP contribution in [0, 0.1) is 5.82 Å². The first-order valence-electron chi connectivity index (χ1n) is 4.82. The highest BCUT2D eigenvalue weighted by Gasteiger charge is 2.12. The maximum atomic E-state index is 12.8. The van der Waals surface area contributed by atoms with E-state index in [9.17, 15) is 14.0 Å². The summed E-state index contributed by atoms with van der Waals surface area (Å²) < 4.78 is 12.8. The van der Waals surface area contributed by atoms with Crippen molar-refractivity contribution in [3.05, 3.63) is 35.6 Å². The van der Waals surface area contributed by atoms with Crippen LogP contribution in [0.1, 0.15) is 12.5 Å². The second kappa shape index (κ2) is 5.25. The Labute approximate surface area is 92.6 Å². The zero-order chi connectivity index (χ0) is 12.1. The summed E-state index contributed by atoms with van der Waals surface area (Å²) >= 11 is 0. The monoisotopic (exact) mass is 224 g/mol. The summed E-state index contributed by atoms with van der Waals surface area (Å²) in [5, 5.41) is 2.41. The summed E-state index contributed by atoms with van der Waals surface area (Å²) in [7, 11) is 0. The molecule has 0 saturated heterocycles. The van der Waals surface area contributed by atoms with Gasteiger partial charge in [0.05, 0.1) is 6.42 Å². The van der Waals surface area contributed by atoms with E-state index in [1.807, 2.05) is 0 Å². The summed E-state index contributed by atoms with van der Waals surface area (Å²) in [6.45, 7) is 1.49. The van der Waals surface area contributed by atoms with Crippen molar-refractivity contribution in [3.8, 4) is 0 Å². The third-order valence-electron chi connectivity index (χ3n) is 2.06. The van der Waals surface area contributed by atoms with Crippen LogP contribution in [0.3, 0.4) is 0 Å². The molecule has 1 rings (SSSR count). The molecule has 0 radical (unpaired) electrons. The Morgan fingerprint density at radius 1 is 1.50 bits per heavy atom. The van der Waals surface area contributed by atoms with Gasteiger partial charge in [0.2, 0.25) is 11.8 Å². The van der Waals surface area contributed by atoms with E-state index in [1.54, 1.807) is 6.07 Å². The van der Waals surface area contributed by atoms with Crippen LogP contribution in [0.2, 0.25) is 0 Å². The summed E-state index contributed by atoms with van der Waals surface area (Å²) in [6.07, 6.45) is 0.0232. The SMILES string of the molecule is C[C@@H](NC(=O)Cc1cccc(F)c1)C(N)=O. The zero-order valence-corrected chi connectivity index (χ0v) is 8.87. The van der Waals surface area contributed by atoms with Gasteiger partial charge >= 0.3 is 0 Å². The Morgan fingerprint density at radius 3 is 2.75 bits per heavy atom. The lowest BCUT2D eigenvalue weighted by Gasteiger charge is -2.09. The summed E-state index contributed by atoms with van der Waals surface area (Å²) in [4.78, 5) is 22.1. The molecule has 1 aromatic rings. The highest BCUT2D eigenvalue weighted by molar-refractivity contribution is 5.87. The summed E-state index contributed by atoms with van der Waals surface area (Å²) in [5.74, 6) is -1.36. The zero-order valence-electron chi connectivity index (χ0n) is 8.87. The Hall–Kier alpha value is -1.91. The number of rotatable bonds is 4. The average Bonchev–Trinajstić information content (AvgIpc) is 2.16. The fourth-order valence-electron chi connectivity index (χ4n) is 1.20. The number of hydrogen-bond donors (Lipinski definition) is 2. The minimum absolute atomic E-state index is 0.0232. The van der Waals surface area contributed by atoms with Gasteiger partial charge in [-0.15, -0.1) is 0 Å². The van der Waals surface area contributed by atoms with Crippen LogP contribution in [-0.2, 0) is 16.0 Å². The topological polar surface area (TPSA) is 72.2 Å². The molecule has 0 aliphatic rings. The van der Waals surface area contributed by atoms with Crippen molar-refractivity contribution in [2.75, 3.05) is 0 Å². The molecule has 5 heteroatoms. The minimum Gasteiger partial charge on any atom is -0.368 e. The molecule has 0 aliphatic heterocycles. The van der Waals surface area contributed by atoms with Gasteiger partial charge in [0.1, 0.15) is 11.9 Å².